The first-order chi connectivity index (χ1) is 10.1. The van der Waals surface area contributed by atoms with Crippen molar-refractivity contribution in [2.75, 3.05) is 5.32 Å². The molecule has 2 heterocycles. The van der Waals surface area contributed by atoms with Crippen molar-refractivity contribution in [2.24, 2.45) is 0 Å². The van der Waals surface area contributed by atoms with Crippen LogP contribution >= 0.6 is 15.9 Å². The minimum atomic E-state index is -0.192. The molecule has 0 fully saturated rings. The molecule has 0 spiro atoms. The van der Waals surface area contributed by atoms with Crippen LogP contribution in [0.3, 0.4) is 0 Å². The van der Waals surface area contributed by atoms with Gasteiger partial charge in [0, 0.05) is 27.8 Å². The Bertz CT molecular complexity index is 827. The summed E-state index contributed by atoms with van der Waals surface area (Å²) in [5.41, 5.74) is 2.40. The van der Waals surface area contributed by atoms with Gasteiger partial charge < -0.3 is 5.32 Å². The Hall–Kier alpha value is -2.27. The number of aromatic nitrogens is 2. The zero-order valence-electron chi connectivity index (χ0n) is 11.3. The molecule has 1 amide bonds. The van der Waals surface area contributed by atoms with Crippen molar-refractivity contribution in [3.05, 3.63) is 64.4 Å². The largest absolute Gasteiger partial charge is 0.307 e. The van der Waals surface area contributed by atoms with Gasteiger partial charge in [-0.05, 0) is 52.7 Å². The quantitative estimate of drug-likeness (QED) is 0.767. The molecule has 0 saturated heterocycles. The lowest BCUT2D eigenvalue weighted by Crippen LogP contribution is -2.13. The van der Waals surface area contributed by atoms with Gasteiger partial charge in [0.05, 0.1) is 5.52 Å². The summed E-state index contributed by atoms with van der Waals surface area (Å²) in [5.74, 6) is 0.337. The summed E-state index contributed by atoms with van der Waals surface area (Å²) in [6.07, 6.45) is 3.39. The first-order valence-corrected chi connectivity index (χ1v) is 7.22. The molecule has 3 aromatic rings. The van der Waals surface area contributed by atoms with Crippen LogP contribution in [0.5, 0.6) is 0 Å². The zero-order valence-corrected chi connectivity index (χ0v) is 12.9. The monoisotopic (exact) mass is 341 g/mol. The van der Waals surface area contributed by atoms with Crippen molar-refractivity contribution in [3.8, 4) is 0 Å². The lowest BCUT2D eigenvalue weighted by molar-refractivity contribution is 0.102. The van der Waals surface area contributed by atoms with Crippen LogP contribution in [-0.4, -0.2) is 15.9 Å². The molecule has 0 saturated carbocycles. The molecule has 5 heteroatoms. The Morgan fingerprint density at radius 1 is 1.19 bits per heavy atom. The van der Waals surface area contributed by atoms with E-state index < -0.39 is 0 Å². The average molecular weight is 342 g/mol. The number of amides is 1. The molecule has 0 aliphatic carbocycles. The van der Waals surface area contributed by atoms with E-state index in [-0.39, 0.29) is 5.91 Å². The molecule has 0 aliphatic heterocycles. The third kappa shape index (κ3) is 2.78. The van der Waals surface area contributed by atoms with Gasteiger partial charge in [-0.1, -0.05) is 12.1 Å². The molecule has 0 radical (unpaired) electrons. The van der Waals surface area contributed by atoms with Crippen LogP contribution < -0.4 is 5.32 Å². The first kappa shape index (κ1) is 13.7. The fourth-order valence-corrected chi connectivity index (χ4v) is 2.31. The maximum absolute atomic E-state index is 12.4. The van der Waals surface area contributed by atoms with Gasteiger partial charge in [-0.15, -0.1) is 0 Å². The van der Waals surface area contributed by atoms with Gasteiger partial charge >= 0.3 is 0 Å². The number of hydrogen-bond acceptors (Lipinski definition) is 3. The third-order valence-electron chi connectivity index (χ3n) is 3.18. The second-order valence-corrected chi connectivity index (χ2v) is 5.50. The average Bonchev–Trinajstić information content (AvgIpc) is 2.50. The molecular weight excluding hydrogens is 330 g/mol. The van der Waals surface area contributed by atoms with E-state index in [0.717, 1.165) is 20.9 Å². The number of halogens is 1. The second-order valence-electron chi connectivity index (χ2n) is 4.65. The number of nitrogens with one attached hydrogen (secondary N) is 1. The predicted molar refractivity (Wildman–Crippen MR) is 86.4 cm³/mol. The molecule has 0 atom stereocenters. The number of aryl methyl sites for hydroxylation is 1. The molecule has 2 aromatic heterocycles. The van der Waals surface area contributed by atoms with E-state index in [4.69, 9.17) is 0 Å². The SMILES string of the molecule is Cc1cc(NC(=O)c2cccc3ncccc23)ncc1Br. The van der Waals surface area contributed by atoms with Gasteiger partial charge in [0.25, 0.3) is 5.91 Å². The van der Waals surface area contributed by atoms with E-state index in [1.807, 2.05) is 37.3 Å². The normalized spacial score (nSPS) is 10.6. The fourth-order valence-electron chi connectivity index (χ4n) is 2.09. The molecule has 21 heavy (non-hydrogen) atoms. The summed E-state index contributed by atoms with van der Waals surface area (Å²) in [5, 5.41) is 3.65. The lowest BCUT2D eigenvalue weighted by Gasteiger charge is -2.08. The maximum atomic E-state index is 12.4. The highest BCUT2D eigenvalue weighted by atomic mass is 79.9. The molecule has 1 aromatic carbocycles. The number of carbonyl (C=O) groups is 1. The van der Waals surface area contributed by atoms with Gasteiger partial charge in [-0.2, -0.15) is 0 Å². The highest BCUT2D eigenvalue weighted by molar-refractivity contribution is 9.10. The first-order valence-electron chi connectivity index (χ1n) is 6.42. The Balaban J connectivity index is 1.95. The number of benzene rings is 1. The molecule has 1 N–H and O–H groups in total. The molecule has 104 valence electrons. The minimum absolute atomic E-state index is 0.192. The third-order valence-corrected chi connectivity index (χ3v) is 4.01. The van der Waals surface area contributed by atoms with Crippen molar-refractivity contribution >= 4 is 38.6 Å². The van der Waals surface area contributed by atoms with Crippen LogP contribution in [0.1, 0.15) is 15.9 Å². The summed E-state index contributed by atoms with van der Waals surface area (Å²) in [7, 11) is 0. The predicted octanol–water partition coefficient (Wildman–Crippen LogP) is 3.95. The van der Waals surface area contributed by atoms with Crippen molar-refractivity contribution in [1.82, 2.24) is 9.97 Å². The standard InChI is InChI=1S/C16H12BrN3O/c1-10-8-15(19-9-13(10)17)20-16(21)12-4-2-6-14-11(12)5-3-7-18-14/h2-9H,1H3,(H,19,20,21). The minimum Gasteiger partial charge on any atom is -0.307 e. The molecule has 0 aliphatic rings. The molecule has 0 bridgehead atoms. The highest BCUT2D eigenvalue weighted by Gasteiger charge is 2.11. The summed E-state index contributed by atoms with van der Waals surface area (Å²) in [4.78, 5) is 20.9. The van der Waals surface area contributed by atoms with Crippen LogP contribution in [-0.2, 0) is 0 Å². The molecular formula is C16H12BrN3O. The van der Waals surface area contributed by atoms with E-state index >= 15 is 0 Å². The molecule has 3 rings (SSSR count). The number of carbonyl (C=O) groups excluding carboxylic acids is 1. The van der Waals surface area contributed by atoms with Gasteiger partial charge in [0.2, 0.25) is 0 Å². The Morgan fingerprint density at radius 3 is 2.86 bits per heavy atom. The number of hydrogen-bond donors (Lipinski definition) is 1. The van der Waals surface area contributed by atoms with Crippen LogP contribution in [0.4, 0.5) is 5.82 Å². The Labute approximate surface area is 130 Å². The number of anilines is 1. The van der Waals surface area contributed by atoms with Crippen molar-refractivity contribution in [1.29, 1.82) is 0 Å². The lowest BCUT2D eigenvalue weighted by atomic mass is 10.1. The second kappa shape index (κ2) is 5.61. The topological polar surface area (TPSA) is 54.9 Å². The van der Waals surface area contributed by atoms with Gasteiger partial charge in [-0.25, -0.2) is 4.98 Å². The van der Waals surface area contributed by atoms with Gasteiger partial charge in [0.15, 0.2) is 0 Å². The number of pyridine rings is 2. The van der Waals surface area contributed by atoms with E-state index in [1.165, 1.54) is 0 Å². The Morgan fingerprint density at radius 2 is 2.05 bits per heavy atom. The number of fused-ring (bicyclic) bond motifs is 1. The number of rotatable bonds is 2. The number of nitrogens with zero attached hydrogens (tertiary/aromatic N) is 2. The summed E-state index contributed by atoms with van der Waals surface area (Å²) in [6, 6.07) is 11.0. The highest BCUT2D eigenvalue weighted by Crippen LogP contribution is 2.20. The molecule has 0 unspecified atom stereocenters. The van der Waals surface area contributed by atoms with E-state index in [2.05, 4.69) is 31.2 Å². The van der Waals surface area contributed by atoms with Crippen molar-refractivity contribution in [2.45, 2.75) is 6.92 Å². The van der Waals surface area contributed by atoms with Crippen LogP contribution in [0, 0.1) is 6.92 Å². The van der Waals surface area contributed by atoms with Crippen LogP contribution in [0.25, 0.3) is 10.9 Å². The van der Waals surface area contributed by atoms with Crippen molar-refractivity contribution in [3.63, 3.8) is 0 Å². The van der Waals surface area contributed by atoms with Gasteiger partial charge in [-0.3, -0.25) is 9.78 Å². The Kier molecular flexibility index (Phi) is 3.66. The van der Waals surface area contributed by atoms with Gasteiger partial charge in [0.1, 0.15) is 5.82 Å². The maximum Gasteiger partial charge on any atom is 0.257 e. The summed E-state index contributed by atoms with van der Waals surface area (Å²) in [6.45, 7) is 1.95. The van der Waals surface area contributed by atoms with E-state index in [1.54, 1.807) is 18.5 Å². The van der Waals surface area contributed by atoms with E-state index in [0.29, 0.717) is 11.4 Å². The van der Waals surface area contributed by atoms with E-state index in [9.17, 15) is 4.79 Å². The zero-order chi connectivity index (χ0) is 14.8. The van der Waals surface area contributed by atoms with Crippen molar-refractivity contribution < 1.29 is 4.79 Å². The smallest absolute Gasteiger partial charge is 0.257 e. The summed E-state index contributed by atoms with van der Waals surface area (Å²) < 4.78 is 0.912. The van der Waals surface area contributed by atoms with Crippen LogP contribution in [0.15, 0.2) is 53.3 Å². The molecule has 4 nitrogen and oxygen atoms in total. The summed E-state index contributed by atoms with van der Waals surface area (Å²) >= 11 is 3.39. The fraction of sp³-hybridized carbons (Fsp3) is 0.0625. The van der Waals surface area contributed by atoms with Crippen LogP contribution in [0.2, 0.25) is 0 Å².